The highest BCUT2D eigenvalue weighted by atomic mass is 35.5. The number of halogens is 1. The lowest BCUT2D eigenvalue weighted by Gasteiger charge is -2.37. The maximum atomic E-state index is 6.13. The molecule has 0 radical (unpaired) electrons. The lowest BCUT2D eigenvalue weighted by Crippen LogP contribution is -2.48. The molecule has 0 bridgehead atoms. The first kappa shape index (κ1) is 16.5. The van der Waals surface area contributed by atoms with Crippen molar-refractivity contribution in [3.05, 3.63) is 28.8 Å². The quantitative estimate of drug-likeness (QED) is 0.833. The molecule has 0 saturated carbocycles. The molecule has 21 heavy (non-hydrogen) atoms. The predicted molar refractivity (Wildman–Crippen MR) is 94.5 cm³/mol. The molecule has 116 valence electrons. The van der Waals surface area contributed by atoms with Crippen LogP contribution in [0.1, 0.15) is 5.56 Å². The van der Waals surface area contributed by atoms with Gasteiger partial charge in [0.2, 0.25) is 0 Å². The Morgan fingerprint density at radius 3 is 2.52 bits per heavy atom. The summed E-state index contributed by atoms with van der Waals surface area (Å²) in [5.74, 6) is 0. The molecule has 2 rings (SSSR count). The smallest absolute Gasteiger partial charge is 0.106 e. The van der Waals surface area contributed by atoms with Crippen LogP contribution < -0.4 is 10.6 Å². The normalized spacial score (nSPS) is 16.5. The fraction of sp³-hybridized carbons (Fsp3) is 0.533. The third-order valence-corrected chi connectivity index (χ3v) is 4.26. The van der Waals surface area contributed by atoms with Crippen molar-refractivity contribution in [2.24, 2.45) is 5.73 Å². The highest BCUT2D eigenvalue weighted by molar-refractivity contribution is 7.80. The first-order chi connectivity index (χ1) is 9.97. The molecule has 1 heterocycles. The topological polar surface area (TPSA) is 35.7 Å². The Morgan fingerprint density at radius 1 is 1.29 bits per heavy atom. The van der Waals surface area contributed by atoms with Gasteiger partial charge in [0, 0.05) is 55.5 Å². The molecule has 0 spiro atoms. The number of nitrogens with two attached hydrogens (primary N) is 1. The summed E-state index contributed by atoms with van der Waals surface area (Å²) in [6, 6.07) is 5.72. The van der Waals surface area contributed by atoms with Crippen molar-refractivity contribution >= 4 is 34.5 Å². The predicted octanol–water partition coefficient (Wildman–Crippen LogP) is 1.66. The van der Waals surface area contributed by atoms with Gasteiger partial charge in [-0.05, 0) is 32.3 Å². The molecule has 1 aliphatic heterocycles. The van der Waals surface area contributed by atoms with Gasteiger partial charge in [-0.1, -0.05) is 23.8 Å². The fourth-order valence-corrected chi connectivity index (χ4v) is 2.87. The summed E-state index contributed by atoms with van der Waals surface area (Å²) >= 11 is 11.3. The summed E-state index contributed by atoms with van der Waals surface area (Å²) in [5.41, 5.74) is 7.80. The van der Waals surface area contributed by atoms with Crippen molar-refractivity contribution in [2.45, 2.75) is 0 Å². The van der Waals surface area contributed by atoms with Crippen LogP contribution in [0, 0.1) is 0 Å². The second-order valence-corrected chi connectivity index (χ2v) is 6.53. The van der Waals surface area contributed by atoms with E-state index in [0.29, 0.717) is 4.99 Å². The molecule has 1 saturated heterocycles. The SMILES string of the molecule is CN(C)CCN1CCN(c2cc(Cl)ccc2C(N)=S)CC1. The van der Waals surface area contributed by atoms with Crippen LogP contribution in [-0.2, 0) is 0 Å². The van der Waals surface area contributed by atoms with E-state index in [9.17, 15) is 0 Å². The molecule has 1 aliphatic rings. The summed E-state index contributed by atoms with van der Waals surface area (Å²) in [6.07, 6.45) is 0. The number of hydrogen-bond acceptors (Lipinski definition) is 4. The summed E-state index contributed by atoms with van der Waals surface area (Å²) in [7, 11) is 4.22. The van der Waals surface area contributed by atoms with Crippen LogP contribution in [0.3, 0.4) is 0 Å². The average molecular weight is 327 g/mol. The number of rotatable bonds is 5. The van der Waals surface area contributed by atoms with E-state index in [1.54, 1.807) is 0 Å². The highest BCUT2D eigenvalue weighted by Gasteiger charge is 2.20. The molecule has 0 atom stereocenters. The van der Waals surface area contributed by atoms with Crippen LogP contribution in [0.15, 0.2) is 18.2 Å². The van der Waals surface area contributed by atoms with E-state index in [1.807, 2.05) is 18.2 Å². The van der Waals surface area contributed by atoms with Gasteiger partial charge in [-0.3, -0.25) is 4.90 Å². The maximum absolute atomic E-state index is 6.13. The van der Waals surface area contributed by atoms with Gasteiger partial charge in [0.15, 0.2) is 0 Å². The van der Waals surface area contributed by atoms with E-state index in [-0.39, 0.29) is 0 Å². The molecule has 1 fully saturated rings. The van der Waals surface area contributed by atoms with Crippen molar-refractivity contribution in [1.82, 2.24) is 9.80 Å². The molecule has 0 amide bonds. The van der Waals surface area contributed by atoms with Gasteiger partial charge in [-0.2, -0.15) is 0 Å². The standard InChI is InChI=1S/C15H23ClN4S/c1-18(2)5-6-19-7-9-20(10-8-19)14-11-12(16)3-4-13(14)15(17)21/h3-4,11H,5-10H2,1-2H3,(H2,17,21). The summed E-state index contributed by atoms with van der Waals surface area (Å²) in [4.78, 5) is 7.46. The maximum Gasteiger partial charge on any atom is 0.106 e. The van der Waals surface area contributed by atoms with Crippen molar-refractivity contribution < 1.29 is 0 Å². The van der Waals surface area contributed by atoms with Gasteiger partial charge < -0.3 is 15.5 Å². The number of anilines is 1. The van der Waals surface area contributed by atoms with Crippen LogP contribution >= 0.6 is 23.8 Å². The van der Waals surface area contributed by atoms with Crippen LogP contribution in [0.4, 0.5) is 5.69 Å². The van der Waals surface area contributed by atoms with Crippen LogP contribution in [-0.4, -0.2) is 68.2 Å². The molecule has 0 unspecified atom stereocenters. The van der Waals surface area contributed by atoms with Crippen molar-refractivity contribution in [1.29, 1.82) is 0 Å². The minimum Gasteiger partial charge on any atom is -0.389 e. The molecular formula is C15H23ClN4S. The summed E-state index contributed by atoms with van der Waals surface area (Å²) in [6.45, 7) is 6.26. The molecule has 0 aliphatic carbocycles. The Morgan fingerprint density at radius 2 is 1.95 bits per heavy atom. The second-order valence-electron chi connectivity index (χ2n) is 5.66. The first-order valence-electron chi connectivity index (χ1n) is 7.19. The Labute approximate surface area is 137 Å². The highest BCUT2D eigenvalue weighted by Crippen LogP contribution is 2.26. The second kappa shape index (κ2) is 7.40. The minimum absolute atomic E-state index is 0.428. The van der Waals surface area contributed by atoms with Gasteiger partial charge in [0.1, 0.15) is 4.99 Å². The molecule has 4 nitrogen and oxygen atoms in total. The Balaban J connectivity index is 2.02. The van der Waals surface area contributed by atoms with E-state index in [1.165, 1.54) is 0 Å². The zero-order valence-corrected chi connectivity index (χ0v) is 14.3. The molecule has 2 N–H and O–H groups in total. The third-order valence-electron chi connectivity index (χ3n) is 3.80. The summed E-state index contributed by atoms with van der Waals surface area (Å²) < 4.78 is 0. The summed E-state index contributed by atoms with van der Waals surface area (Å²) in [5, 5.41) is 0.722. The minimum atomic E-state index is 0.428. The zero-order chi connectivity index (χ0) is 15.4. The number of piperazine rings is 1. The van der Waals surface area contributed by atoms with Crippen molar-refractivity contribution in [3.63, 3.8) is 0 Å². The Hall–Kier alpha value is -0.880. The fourth-order valence-electron chi connectivity index (χ4n) is 2.53. The molecular weight excluding hydrogens is 304 g/mol. The van der Waals surface area contributed by atoms with Crippen molar-refractivity contribution in [3.8, 4) is 0 Å². The number of hydrogen-bond donors (Lipinski definition) is 1. The lowest BCUT2D eigenvalue weighted by atomic mass is 10.1. The molecule has 6 heteroatoms. The van der Waals surface area contributed by atoms with Gasteiger partial charge in [-0.15, -0.1) is 0 Å². The number of thiocarbonyl (C=S) groups is 1. The van der Waals surface area contributed by atoms with E-state index < -0.39 is 0 Å². The largest absolute Gasteiger partial charge is 0.389 e. The van der Waals surface area contributed by atoms with Gasteiger partial charge in [0.05, 0.1) is 0 Å². The molecule has 1 aromatic carbocycles. The number of likely N-dealkylation sites (N-methyl/N-ethyl adjacent to an activating group) is 1. The van der Waals surface area contributed by atoms with Crippen molar-refractivity contribution in [2.75, 3.05) is 58.3 Å². The Bertz CT molecular complexity index is 498. The first-order valence-corrected chi connectivity index (χ1v) is 7.97. The molecule has 1 aromatic rings. The van der Waals surface area contributed by atoms with Gasteiger partial charge >= 0.3 is 0 Å². The number of benzene rings is 1. The molecule has 0 aromatic heterocycles. The lowest BCUT2D eigenvalue weighted by molar-refractivity contribution is 0.229. The van der Waals surface area contributed by atoms with E-state index in [4.69, 9.17) is 29.6 Å². The van der Waals surface area contributed by atoms with E-state index >= 15 is 0 Å². The monoisotopic (exact) mass is 326 g/mol. The Kier molecular flexibility index (Phi) is 5.81. The van der Waals surface area contributed by atoms with Gasteiger partial charge in [-0.25, -0.2) is 0 Å². The number of nitrogens with zero attached hydrogens (tertiary/aromatic N) is 3. The van der Waals surface area contributed by atoms with Crippen LogP contribution in [0.2, 0.25) is 5.02 Å². The van der Waals surface area contributed by atoms with Crippen LogP contribution in [0.25, 0.3) is 0 Å². The van der Waals surface area contributed by atoms with Crippen LogP contribution in [0.5, 0.6) is 0 Å². The van der Waals surface area contributed by atoms with E-state index in [0.717, 1.165) is 55.5 Å². The zero-order valence-electron chi connectivity index (χ0n) is 12.7. The van der Waals surface area contributed by atoms with E-state index in [2.05, 4.69) is 28.8 Å². The van der Waals surface area contributed by atoms with Gasteiger partial charge in [0.25, 0.3) is 0 Å². The third kappa shape index (κ3) is 4.54. The average Bonchev–Trinajstić information content (AvgIpc) is 2.45.